The summed E-state index contributed by atoms with van der Waals surface area (Å²) in [5.41, 5.74) is -0.413. The molecule has 1 N–H and O–H groups in total. The smallest absolute Gasteiger partial charge is 0.242 e. The molecule has 0 aliphatic carbocycles. The summed E-state index contributed by atoms with van der Waals surface area (Å²) in [4.78, 5) is 14.1. The first-order valence-corrected chi connectivity index (χ1v) is 6.05. The molecule has 0 radical (unpaired) electrons. The van der Waals surface area contributed by atoms with Gasteiger partial charge >= 0.3 is 0 Å². The number of hydrogen-bond acceptors (Lipinski definition) is 3. The van der Waals surface area contributed by atoms with Gasteiger partial charge in [0.1, 0.15) is 0 Å². The first-order chi connectivity index (χ1) is 7.64. The van der Waals surface area contributed by atoms with Crippen LogP contribution in [0.15, 0.2) is 0 Å². The second-order valence-corrected chi connectivity index (χ2v) is 4.51. The van der Waals surface area contributed by atoms with Gasteiger partial charge in [-0.1, -0.05) is 0 Å². The molecule has 1 amide bonds. The van der Waals surface area contributed by atoms with Gasteiger partial charge in [0.05, 0.1) is 18.0 Å². The Hall–Kier alpha value is -1.08. The fourth-order valence-corrected chi connectivity index (χ4v) is 2.18. The molecule has 90 valence electrons. The van der Waals surface area contributed by atoms with Gasteiger partial charge in [-0.25, -0.2) is 0 Å². The molecule has 16 heavy (non-hydrogen) atoms. The number of nitriles is 1. The van der Waals surface area contributed by atoms with Crippen LogP contribution in [-0.2, 0) is 4.79 Å². The highest BCUT2D eigenvalue weighted by Gasteiger charge is 2.36. The number of nitrogens with one attached hydrogen (secondary N) is 1. The summed E-state index contributed by atoms with van der Waals surface area (Å²) in [6.07, 6.45) is 3.56. The maximum absolute atomic E-state index is 12.3. The Labute approximate surface area is 97.6 Å². The lowest BCUT2D eigenvalue weighted by molar-refractivity contribution is -0.138. The highest BCUT2D eigenvalue weighted by atomic mass is 16.2. The van der Waals surface area contributed by atoms with Crippen LogP contribution in [0.1, 0.15) is 39.5 Å². The van der Waals surface area contributed by atoms with Gasteiger partial charge in [-0.05, 0) is 39.7 Å². The van der Waals surface area contributed by atoms with Crippen LogP contribution in [0.2, 0.25) is 0 Å². The Balaban J connectivity index is 2.62. The molecule has 1 atom stereocenters. The molecule has 0 saturated carbocycles. The predicted molar refractivity (Wildman–Crippen MR) is 62.7 cm³/mol. The first kappa shape index (κ1) is 13.0. The van der Waals surface area contributed by atoms with Crippen molar-refractivity contribution in [2.75, 3.05) is 19.6 Å². The van der Waals surface area contributed by atoms with E-state index in [0.29, 0.717) is 19.5 Å². The van der Waals surface area contributed by atoms with E-state index in [4.69, 9.17) is 5.26 Å². The van der Waals surface area contributed by atoms with E-state index in [0.717, 1.165) is 25.8 Å². The van der Waals surface area contributed by atoms with Crippen LogP contribution in [0.4, 0.5) is 0 Å². The van der Waals surface area contributed by atoms with Crippen LogP contribution in [0.25, 0.3) is 0 Å². The van der Waals surface area contributed by atoms with Crippen molar-refractivity contribution >= 4 is 5.91 Å². The predicted octanol–water partition coefficient (Wildman–Crippen LogP) is 1.28. The van der Waals surface area contributed by atoms with Crippen molar-refractivity contribution in [3.8, 4) is 6.07 Å². The summed E-state index contributed by atoms with van der Waals surface area (Å²) in [6, 6.07) is 2.09. The average Bonchev–Trinajstić information content (AvgIpc) is 2.31. The summed E-state index contributed by atoms with van der Waals surface area (Å²) in [7, 11) is 0. The zero-order chi connectivity index (χ0) is 12.0. The maximum Gasteiger partial charge on any atom is 0.242 e. The van der Waals surface area contributed by atoms with Gasteiger partial charge in [0.25, 0.3) is 0 Å². The lowest BCUT2D eigenvalue weighted by Gasteiger charge is -2.37. The number of amides is 1. The van der Waals surface area contributed by atoms with Crippen molar-refractivity contribution in [1.82, 2.24) is 10.2 Å². The molecule has 1 aliphatic heterocycles. The third-order valence-corrected chi connectivity index (χ3v) is 3.25. The normalized spacial score (nSPS) is 24.8. The lowest BCUT2D eigenvalue weighted by Crippen LogP contribution is -2.58. The largest absolute Gasteiger partial charge is 0.340 e. The van der Waals surface area contributed by atoms with Crippen molar-refractivity contribution in [2.45, 2.75) is 45.1 Å². The van der Waals surface area contributed by atoms with E-state index in [9.17, 15) is 4.79 Å². The summed E-state index contributed by atoms with van der Waals surface area (Å²) >= 11 is 0. The third-order valence-electron chi connectivity index (χ3n) is 3.25. The zero-order valence-corrected chi connectivity index (χ0v) is 10.3. The fourth-order valence-electron chi connectivity index (χ4n) is 2.18. The molecule has 1 unspecified atom stereocenters. The summed E-state index contributed by atoms with van der Waals surface area (Å²) < 4.78 is 0. The van der Waals surface area contributed by atoms with Gasteiger partial charge in [-0.15, -0.1) is 0 Å². The Morgan fingerprint density at radius 1 is 1.56 bits per heavy atom. The van der Waals surface area contributed by atoms with Crippen molar-refractivity contribution in [3.63, 3.8) is 0 Å². The van der Waals surface area contributed by atoms with Gasteiger partial charge in [-0.3, -0.25) is 4.79 Å². The Kier molecular flexibility index (Phi) is 4.75. The summed E-state index contributed by atoms with van der Waals surface area (Å²) in [5.74, 6) is 0.143. The van der Waals surface area contributed by atoms with Gasteiger partial charge in [0.15, 0.2) is 0 Å². The average molecular weight is 223 g/mol. The van der Waals surface area contributed by atoms with E-state index in [1.807, 2.05) is 13.8 Å². The molecule has 1 heterocycles. The minimum absolute atomic E-state index is 0.143. The second kappa shape index (κ2) is 5.86. The van der Waals surface area contributed by atoms with E-state index in [-0.39, 0.29) is 5.91 Å². The molecule has 1 fully saturated rings. The van der Waals surface area contributed by atoms with Crippen molar-refractivity contribution in [1.29, 1.82) is 5.26 Å². The van der Waals surface area contributed by atoms with Crippen LogP contribution in [0.3, 0.4) is 0 Å². The van der Waals surface area contributed by atoms with Gasteiger partial charge < -0.3 is 10.2 Å². The van der Waals surface area contributed by atoms with E-state index >= 15 is 0 Å². The molecule has 0 aromatic rings. The van der Waals surface area contributed by atoms with Crippen LogP contribution >= 0.6 is 0 Å². The molecule has 0 spiro atoms. The molecule has 0 bridgehead atoms. The van der Waals surface area contributed by atoms with Crippen LogP contribution in [0.5, 0.6) is 0 Å². The number of likely N-dealkylation sites (N-methyl/N-ethyl adjacent to an activating group) is 1. The van der Waals surface area contributed by atoms with Crippen LogP contribution in [0, 0.1) is 11.3 Å². The van der Waals surface area contributed by atoms with Crippen molar-refractivity contribution < 1.29 is 4.79 Å². The quantitative estimate of drug-likeness (QED) is 0.781. The third kappa shape index (κ3) is 2.96. The van der Waals surface area contributed by atoms with Crippen molar-refractivity contribution in [2.24, 2.45) is 0 Å². The number of nitrogens with zero attached hydrogens (tertiary/aromatic N) is 2. The monoisotopic (exact) mass is 223 g/mol. The van der Waals surface area contributed by atoms with Crippen LogP contribution < -0.4 is 5.32 Å². The number of piperidine rings is 1. The topological polar surface area (TPSA) is 56.1 Å². The Bertz CT molecular complexity index is 276. The highest BCUT2D eigenvalue weighted by Crippen LogP contribution is 2.21. The molecule has 4 heteroatoms. The Morgan fingerprint density at radius 2 is 2.31 bits per heavy atom. The minimum atomic E-state index is -0.413. The summed E-state index contributed by atoms with van der Waals surface area (Å²) in [6.45, 7) is 6.07. The fraction of sp³-hybridized carbons (Fsp3) is 0.833. The highest BCUT2D eigenvalue weighted by molar-refractivity contribution is 5.86. The van der Waals surface area contributed by atoms with Gasteiger partial charge in [0.2, 0.25) is 5.91 Å². The molecule has 1 aliphatic rings. The first-order valence-electron chi connectivity index (χ1n) is 6.05. The van der Waals surface area contributed by atoms with E-state index in [1.54, 1.807) is 4.90 Å². The van der Waals surface area contributed by atoms with Crippen LogP contribution in [-0.4, -0.2) is 36.0 Å². The number of hydrogen-bond donors (Lipinski definition) is 1. The molecule has 0 aromatic heterocycles. The molecular weight excluding hydrogens is 202 g/mol. The second-order valence-electron chi connectivity index (χ2n) is 4.51. The molecule has 4 nitrogen and oxygen atoms in total. The number of rotatable bonds is 4. The SMILES string of the molecule is CCN(CCC#N)C(=O)C1(C)CCCCN1. The molecule has 1 saturated heterocycles. The van der Waals surface area contributed by atoms with Crippen molar-refractivity contribution in [3.05, 3.63) is 0 Å². The van der Waals surface area contributed by atoms with E-state index < -0.39 is 5.54 Å². The number of carbonyl (C=O) groups is 1. The maximum atomic E-state index is 12.3. The number of carbonyl (C=O) groups excluding carboxylic acids is 1. The van der Waals surface area contributed by atoms with E-state index in [2.05, 4.69) is 11.4 Å². The minimum Gasteiger partial charge on any atom is -0.340 e. The van der Waals surface area contributed by atoms with Gasteiger partial charge in [-0.2, -0.15) is 5.26 Å². The van der Waals surface area contributed by atoms with Gasteiger partial charge in [0, 0.05) is 13.1 Å². The molecule has 0 aromatic carbocycles. The zero-order valence-electron chi connectivity index (χ0n) is 10.3. The van der Waals surface area contributed by atoms with E-state index in [1.165, 1.54) is 0 Å². The lowest BCUT2D eigenvalue weighted by atomic mass is 9.89. The molecular formula is C12H21N3O. The Morgan fingerprint density at radius 3 is 2.81 bits per heavy atom. The molecule has 1 rings (SSSR count). The summed E-state index contributed by atoms with van der Waals surface area (Å²) in [5, 5.41) is 11.9. The standard InChI is InChI=1S/C12H21N3O/c1-3-15(10-6-8-13)11(16)12(2)7-4-5-9-14-12/h14H,3-7,9-10H2,1-2H3.